The van der Waals surface area contributed by atoms with Gasteiger partial charge >= 0.3 is 0 Å². The topological polar surface area (TPSA) is 81.4 Å². The average molecular weight is 454 g/mol. The molecule has 4 aromatic rings. The first-order valence-corrected chi connectivity index (χ1v) is 11.1. The van der Waals surface area contributed by atoms with Crippen LogP contribution in [0.25, 0.3) is 17.0 Å². The summed E-state index contributed by atoms with van der Waals surface area (Å²) >= 11 is 7.24. The van der Waals surface area contributed by atoms with Gasteiger partial charge < -0.3 is 10.1 Å². The molecule has 0 bridgehead atoms. The number of amides is 1. The van der Waals surface area contributed by atoms with Crippen LogP contribution in [0, 0.1) is 0 Å². The molecule has 7 nitrogen and oxygen atoms in total. The van der Waals surface area contributed by atoms with E-state index in [1.807, 2.05) is 55.5 Å². The van der Waals surface area contributed by atoms with E-state index in [0.29, 0.717) is 34.7 Å². The number of nitrogens with one attached hydrogen (secondary N) is 1. The van der Waals surface area contributed by atoms with E-state index in [1.165, 1.54) is 11.8 Å². The minimum atomic E-state index is -0.0719. The van der Waals surface area contributed by atoms with Crippen LogP contribution in [0.2, 0.25) is 5.02 Å². The quantitative estimate of drug-likeness (QED) is 0.401. The zero-order valence-corrected chi connectivity index (χ0v) is 18.4. The molecule has 0 spiro atoms. The summed E-state index contributed by atoms with van der Waals surface area (Å²) in [7, 11) is 0. The van der Waals surface area contributed by atoms with Gasteiger partial charge in [0.2, 0.25) is 5.91 Å². The fourth-order valence-electron chi connectivity index (χ4n) is 2.89. The molecule has 4 rings (SSSR count). The van der Waals surface area contributed by atoms with Crippen LogP contribution in [0.15, 0.2) is 65.7 Å². The second-order valence-corrected chi connectivity index (χ2v) is 8.05. The zero-order valence-electron chi connectivity index (χ0n) is 16.8. The van der Waals surface area contributed by atoms with Gasteiger partial charge in [0.15, 0.2) is 11.5 Å². The molecule has 0 aliphatic heterocycles. The first kappa shape index (κ1) is 21.1. The maximum Gasteiger partial charge on any atom is 0.230 e. The van der Waals surface area contributed by atoms with E-state index in [-0.39, 0.29) is 11.7 Å². The summed E-state index contributed by atoms with van der Waals surface area (Å²) in [6.45, 7) is 3.01. The predicted octanol–water partition coefficient (Wildman–Crippen LogP) is 4.25. The summed E-state index contributed by atoms with van der Waals surface area (Å²) in [4.78, 5) is 12.2. The molecule has 1 amide bonds. The van der Waals surface area contributed by atoms with E-state index < -0.39 is 0 Å². The van der Waals surface area contributed by atoms with Gasteiger partial charge in [0.1, 0.15) is 10.8 Å². The third-order valence-corrected chi connectivity index (χ3v) is 5.59. The van der Waals surface area contributed by atoms with E-state index in [2.05, 4.69) is 20.6 Å². The fraction of sp³-hybridized carbons (Fsp3) is 0.182. The number of rotatable bonds is 8. The van der Waals surface area contributed by atoms with Gasteiger partial charge in [-0.25, -0.2) is 0 Å². The summed E-state index contributed by atoms with van der Waals surface area (Å²) in [5.74, 6) is 1.62. The normalized spacial score (nSPS) is 10.9. The van der Waals surface area contributed by atoms with Crippen LogP contribution in [0.4, 0.5) is 0 Å². The molecule has 2 heterocycles. The molecule has 0 atom stereocenters. The molecule has 31 heavy (non-hydrogen) atoms. The molecule has 0 unspecified atom stereocenters. The van der Waals surface area contributed by atoms with Gasteiger partial charge in [-0.2, -0.15) is 9.61 Å². The highest BCUT2D eigenvalue weighted by atomic mass is 35.5. The van der Waals surface area contributed by atoms with E-state index in [4.69, 9.17) is 16.3 Å². The number of thioether (sulfide) groups is 1. The van der Waals surface area contributed by atoms with Crippen LogP contribution in [0.3, 0.4) is 0 Å². The third-order valence-electron chi connectivity index (χ3n) is 4.42. The smallest absolute Gasteiger partial charge is 0.230 e. The molecule has 0 saturated heterocycles. The van der Waals surface area contributed by atoms with Crippen molar-refractivity contribution in [3.05, 3.63) is 71.2 Å². The molecule has 1 N–H and O–H groups in total. The number of carbonyl (C=O) groups is 1. The Morgan fingerprint density at radius 2 is 1.84 bits per heavy atom. The number of benzene rings is 2. The molecule has 0 aliphatic rings. The zero-order chi connectivity index (χ0) is 21.6. The summed E-state index contributed by atoms with van der Waals surface area (Å²) in [5.41, 5.74) is 2.51. The highest BCUT2D eigenvalue weighted by Gasteiger charge is 2.11. The van der Waals surface area contributed by atoms with Crippen LogP contribution < -0.4 is 10.1 Å². The first-order valence-electron chi connectivity index (χ1n) is 9.72. The van der Waals surface area contributed by atoms with Crippen LogP contribution in [0.1, 0.15) is 12.5 Å². The molecule has 0 radical (unpaired) electrons. The second-order valence-electron chi connectivity index (χ2n) is 6.61. The number of ether oxygens (including phenoxy) is 1. The van der Waals surface area contributed by atoms with E-state index >= 15 is 0 Å². The Morgan fingerprint density at radius 3 is 2.58 bits per heavy atom. The van der Waals surface area contributed by atoms with Crippen molar-refractivity contribution in [2.45, 2.75) is 18.5 Å². The van der Waals surface area contributed by atoms with Crippen molar-refractivity contribution in [2.24, 2.45) is 0 Å². The van der Waals surface area contributed by atoms with Crippen LogP contribution in [0.5, 0.6) is 5.75 Å². The van der Waals surface area contributed by atoms with Crippen LogP contribution in [-0.2, 0) is 11.3 Å². The Morgan fingerprint density at radius 1 is 1.06 bits per heavy atom. The molecule has 2 aromatic heterocycles. The van der Waals surface area contributed by atoms with Crippen molar-refractivity contribution in [1.29, 1.82) is 0 Å². The molecule has 0 fully saturated rings. The Labute approximate surface area is 188 Å². The number of carbonyl (C=O) groups excluding carboxylic acids is 1. The van der Waals surface area contributed by atoms with Crippen molar-refractivity contribution in [1.82, 2.24) is 25.1 Å². The summed E-state index contributed by atoms with van der Waals surface area (Å²) in [6.07, 6.45) is 0. The van der Waals surface area contributed by atoms with Gasteiger partial charge in [-0.3, -0.25) is 4.79 Å². The number of hydrogen-bond acceptors (Lipinski definition) is 6. The van der Waals surface area contributed by atoms with Crippen molar-refractivity contribution in [2.75, 3.05) is 12.4 Å². The van der Waals surface area contributed by atoms with E-state index in [9.17, 15) is 4.79 Å². The lowest BCUT2D eigenvalue weighted by atomic mass is 10.2. The van der Waals surface area contributed by atoms with Gasteiger partial charge in [0.05, 0.1) is 12.4 Å². The highest BCUT2D eigenvalue weighted by Crippen LogP contribution is 2.23. The lowest BCUT2D eigenvalue weighted by molar-refractivity contribution is -0.118. The fourth-order valence-corrected chi connectivity index (χ4v) is 3.70. The van der Waals surface area contributed by atoms with Crippen molar-refractivity contribution < 1.29 is 9.53 Å². The molecular formula is C22H20ClN5O2S. The SMILES string of the molecule is CCOc1ccc(-c2nnc3ccc(SCC(=O)NCc4ccc(Cl)cc4)nn23)cc1. The largest absolute Gasteiger partial charge is 0.494 e. The van der Waals surface area contributed by atoms with Crippen LogP contribution >= 0.6 is 23.4 Å². The number of fused-ring (bicyclic) bond motifs is 1. The number of nitrogens with zero attached hydrogens (tertiary/aromatic N) is 4. The van der Waals surface area contributed by atoms with Crippen molar-refractivity contribution in [3.8, 4) is 17.1 Å². The lowest BCUT2D eigenvalue weighted by Crippen LogP contribution is -2.24. The van der Waals surface area contributed by atoms with Gasteiger partial charge in [-0.1, -0.05) is 35.5 Å². The maximum absolute atomic E-state index is 12.2. The molecule has 0 saturated carbocycles. The molecule has 2 aromatic carbocycles. The standard InChI is InChI=1S/C22H20ClN5O2S/c1-2-30-18-9-5-16(6-10-18)22-26-25-19-11-12-21(27-28(19)22)31-14-20(29)24-13-15-3-7-17(23)8-4-15/h3-12H,2,13-14H2,1H3,(H,24,29). The van der Waals surface area contributed by atoms with Crippen molar-refractivity contribution >= 4 is 34.9 Å². The second kappa shape index (κ2) is 9.80. The Kier molecular flexibility index (Phi) is 6.69. The molecule has 0 aliphatic carbocycles. The van der Waals surface area contributed by atoms with Gasteiger partial charge in [-0.15, -0.1) is 10.2 Å². The Hall–Kier alpha value is -3.10. The van der Waals surface area contributed by atoms with E-state index in [0.717, 1.165) is 16.9 Å². The number of halogens is 1. The minimum absolute atomic E-state index is 0.0719. The molecule has 158 valence electrons. The summed E-state index contributed by atoms with van der Waals surface area (Å²) in [5, 5.41) is 17.3. The lowest BCUT2D eigenvalue weighted by Gasteiger charge is -2.06. The predicted molar refractivity (Wildman–Crippen MR) is 121 cm³/mol. The summed E-state index contributed by atoms with van der Waals surface area (Å²) in [6, 6.07) is 18.7. The first-order chi connectivity index (χ1) is 15.1. The average Bonchev–Trinajstić information content (AvgIpc) is 3.21. The van der Waals surface area contributed by atoms with E-state index in [1.54, 1.807) is 16.6 Å². The highest BCUT2D eigenvalue weighted by molar-refractivity contribution is 7.99. The molecule has 9 heteroatoms. The minimum Gasteiger partial charge on any atom is -0.494 e. The third kappa shape index (κ3) is 5.34. The Bertz CT molecular complexity index is 1180. The number of hydrogen-bond donors (Lipinski definition) is 1. The summed E-state index contributed by atoms with van der Waals surface area (Å²) < 4.78 is 7.17. The maximum atomic E-state index is 12.2. The van der Waals surface area contributed by atoms with Crippen LogP contribution in [-0.4, -0.2) is 38.1 Å². The van der Waals surface area contributed by atoms with Gasteiger partial charge in [0.25, 0.3) is 0 Å². The Balaban J connectivity index is 1.41. The van der Waals surface area contributed by atoms with Gasteiger partial charge in [0, 0.05) is 17.1 Å². The number of aromatic nitrogens is 4. The van der Waals surface area contributed by atoms with Crippen molar-refractivity contribution in [3.63, 3.8) is 0 Å². The molecular weight excluding hydrogens is 434 g/mol. The monoisotopic (exact) mass is 453 g/mol. The van der Waals surface area contributed by atoms with Gasteiger partial charge in [-0.05, 0) is 61.0 Å².